The van der Waals surface area contributed by atoms with Gasteiger partial charge in [-0.15, -0.1) is 0 Å². The van der Waals surface area contributed by atoms with E-state index in [1.807, 2.05) is 0 Å². The third-order valence-electron chi connectivity index (χ3n) is 4.04. The highest BCUT2D eigenvalue weighted by molar-refractivity contribution is 7.94. The van der Waals surface area contributed by atoms with Crippen LogP contribution in [0.5, 0.6) is 11.5 Å². The number of amides is 1. The second-order valence-corrected chi connectivity index (χ2v) is 8.28. The number of nitrogens with two attached hydrogens (primary N) is 2. The van der Waals surface area contributed by atoms with E-state index in [4.69, 9.17) is 24.8 Å². The van der Waals surface area contributed by atoms with E-state index in [1.54, 1.807) is 42.9 Å². The van der Waals surface area contributed by atoms with Crippen molar-refractivity contribution < 1.29 is 27.2 Å². The molecule has 0 spiro atoms. The third-order valence-corrected chi connectivity index (χ3v) is 5.67. The maximum atomic E-state index is 12.3. The first-order valence-corrected chi connectivity index (χ1v) is 11.5. The molecular formula is C20H22N6O6S2. The van der Waals surface area contributed by atoms with Crippen LogP contribution in [0.25, 0.3) is 0 Å². The number of benzene rings is 2. The number of hydrogen-bond acceptors (Lipinski definition) is 9. The van der Waals surface area contributed by atoms with Gasteiger partial charge in [-0.3, -0.25) is 4.79 Å². The van der Waals surface area contributed by atoms with Gasteiger partial charge in [-0.25, -0.2) is 14.1 Å². The summed E-state index contributed by atoms with van der Waals surface area (Å²) in [7, 11) is 1.34. The average molecular weight is 507 g/mol. The number of nitrogens with zero attached hydrogens (tertiary/aromatic N) is 2. The van der Waals surface area contributed by atoms with Crippen LogP contribution in [0.4, 0.5) is 0 Å². The van der Waals surface area contributed by atoms with Gasteiger partial charge in [0, 0.05) is 30.4 Å². The number of hydrogen-bond donors (Lipinski definition) is 4. The fraction of sp³-hybridized carbons (Fsp3) is 0.150. The zero-order valence-corrected chi connectivity index (χ0v) is 19.6. The molecule has 3 rings (SSSR count). The van der Waals surface area contributed by atoms with E-state index >= 15 is 0 Å². The first kappa shape index (κ1) is 25.4. The summed E-state index contributed by atoms with van der Waals surface area (Å²) in [4.78, 5) is 28.0. The molecule has 12 nitrogen and oxygen atoms in total. The number of hydroxylamine groups is 1. The molecule has 0 aliphatic rings. The van der Waals surface area contributed by atoms with Crippen molar-refractivity contribution in [2.45, 2.75) is 16.2 Å². The minimum atomic E-state index is -1.71. The quantitative estimate of drug-likeness (QED) is 0.0705. The number of carbonyl (C=O) groups excluding carboxylic acids is 1. The maximum absolute atomic E-state index is 12.3. The lowest BCUT2D eigenvalue weighted by Gasteiger charge is -2.11. The number of nitrogens with one attached hydrogen (secondary N) is 2. The summed E-state index contributed by atoms with van der Waals surface area (Å²) in [5.74, 6) is -0.123. The molecule has 1 atom stereocenters. The van der Waals surface area contributed by atoms with Crippen molar-refractivity contribution in [3.8, 4) is 11.5 Å². The summed E-state index contributed by atoms with van der Waals surface area (Å²) in [6.07, 6.45) is 3.94. The van der Waals surface area contributed by atoms with Crippen molar-refractivity contribution in [3.63, 3.8) is 0 Å². The summed E-state index contributed by atoms with van der Waals surface area (Å²) in [5.41, 5.74) is 14.4. The van der Waals surface area contributed by atoms with E-state index in [2.05, 4.69) is 25.3 Å². The minimum Gasteiger partial charge on any atom is -0.456 e. The van der Waals surface area contributed by atoms with Crippen molar-refractivity contribution >= 4 is 35.0 Å². The predicted molar refractivity (Wildman–Crippen MR) is 125 cm³/mol. The third kappa shape index (κ3) is 7.65. The van der Waals surface area contributed by atoms with E-state index in [0.29, 0.717) is 34.3 Å². The fourth-order valence-corrected chi connectivity index (χ4v) is 3.69. The van der Waals surface area contributed by atoms with Crippen molar-refractivity contribution in [1.29, 1.82) is 0 Å². The molecule has 0 saturated heterocycles. The van der Waals surface area contributed by atoms with E-state index < -0.39 is 17.0 Å². The van der Waals surface area contributed by atoms with E-state index in [1.165, 1.54) is 19.2 Å². The number of aromatic amines is 1. The Morgan fingerprint density at radius 3 is 2.71 bits per heavy atom. The first-order chi connectivity index (χ1) is 16.5. The van der Waals surface area contributed by atoms with E-state index in [9.17, 15) is 9.00 Å². The fourth-order valence-electron chi connectivity index (χ4n) is 2.54. The van der Waals surface area contributed by atoms with Crippen LogP contribution in [0, 0.1) is 0 Å². The van der Waals surface area contributed by atoms with Gasteiger partial charge in [0.2, 0.25) is 11.1 Å². The molecule has 0 saturated carbocycles. The average Bonchev–Trinajstić information content (AvgIpc) is 3.34. The molecule has 1 unspecified atom stereocenters. The second-order valence-electron chi connectivity index (χ2n) is 6.43. The Balaban J connectivity index is 1.62. The van der Waals surface area contributed by atoms with Crippen molar-refractivity contribution in [1.82, 2.24) is 15.4 Å². The number of imidazole rings is 1. The summed E-state index contributed by atoms with van der Waals surface area (Å²) in [6.45, 7) is 0.459. The van der Waals surface area contributed by atoms with Crippen LogP contribution in [0.15, 0.2) is 69.8 Å². The highest BCUT2D eigenvalue weighted by atomic mass is 32.2. The molecule has 1 heterocycles. The molecule has 180 valence electrons. The van der Waals surface area contributed by atoms with Gasteiger partial charge in [0.05, 0.1) is 35.3 Å². The number of aliphatic imine (C=N–C) groups is 1. The summed E-state index contributed by atoms with van der Waals surface area (Å²) < 4.78 is 28.2. The molecule has 2 aromatic carbocycles. The minimum absolute atomic E-state index is 0.228. The van der Waals surface area contributed by atoms with Crippen LogP contribution in [-0.4, -0.2) is 39.7 Å². The zero-order chi connectivity index (χ0) is 24.3. The van der Waals surface area contributed by atoms with Gasteiger partial charge in [-0.2, -0.15) is 19.1 Å². The molecule has 34 heavy (non-hydrogen) atoms. The summed E-state index contributed by atoms with van der Waals surface area (Å²) >= 11 is -0.871. The molecule has 6 N–H and O–H groups in total. The lowest BCUT2D eigenvalue weighted by atomic mass is 10.2. The van der Waals surface area contributed by atoms with Crippen LogP contribution in [-0.2, 0) is 31.0 Å². The molecule has 3 aromatic rings. The van der Waals surface area contributed by atoms with E-state index in [-0.39, 0.29) is 11.5 Å². The van der Waals surface area contributed by atoms with Gasteiger partial charge < -0.3 is 21.2 Å². The van der Waals surface area contributed by atoms with Crippen molar-refractivity contribution in [2.75, 3.05) is 13.7 Å². The first-order valence-electron chi connectivity index (χ1n) is 9.68. The number of rotatable bonds is 12. The standard InChI is InChI=1S/C20H22N6O6S2/c1-29-32-33-18-10-13(19(27)26-20(21)22)2-7-17(18)30-15-3-5-16(6-4-15)34(28)31-25-9-8-14-11-23-12-24-14/h2-7,10-12,25H,8-9H2,1H3,(H,23,24)(H4,21,22,26,27). The Morgan fingerprint density at radius 1 is 1.24 bits per heavy atom. The molecule has 0 fully saturated rings. The Morgan fingerprint density at radius 2 is 2.03 bits per heavy atom. The summed E-state index contributed by atoms with van der Waals surface area (Å²) in [5, 5.41) is 0. The van der Waals surface area contributed by atoms with Crippen molar-refractivity contribution in [2.24, 2.45) is 16.5 Å². The van der Waals surface area contributed by atoms with Crippen LogP contribution in [0.2, 0.25) is 0 Å². The van der Waals surface area contributed by atoms with Gasteiger partial charge in [0.15, 0.2) is 5.96 Å². The zero-order valence-electron chi connectivity index (χ0n) is 17.9. The van der Waals surface area contributed by atoms with Gasteiger partial charge in [0.25, 0.3) is 5.91 Å². The van der Waals surface area contributed by atoms with Gasteiger partial charge in [-0.1, -0.05) is 0 Å². The van der Waals surface area contributed by atoms with Crippen LogP contribution < -0.4 is 21.7 Å². The molecule has 0 bridgehead atoms. The lowest BCUT2D eigenvalue weighted by molar-refractivity contribution is -0.160. The topological polar surface area (TPSA) is 176 Å². The van der Waals surface area contributed by atoms with Gasteiger partial charge >= 0.3 is 0 Å². The van der Waals surface area contributed by atoms with Crippen LogP contribution in [0.3, 0.4) is 0 Å². The summed E-state index contributed by atoms with van der Waals surface area (Å²) in [6, 6.07) is 11.0. The number of guanidine groups is 1. The van der Waals surface area contributed by atoms with Crippen molar-refractivity contribution in [3.05, 3.63) is 66.2 Å². The molecule has 0 aliphatic carbocycles. The maximum Gasteiger partial charge on any atom is 0.280 e. The Bertz CT molecular complexity index is 1140. The SMILES string of the molecule is COOSc1cc(C(=O)N=C(N)N)ccc1Oc1ccc(S(=O)ONCCc2cnc[nH]2)cc1. The Hall–Kier alpha value is -3.27. The molecule has 0 aliphatic heterocycles. The predicted octanol–water partition coefficient (Wildman–Crippen LogP) is 1.99. The Labute approximate surface area is 201 Å². The molecular weight excluding hydrogens is 484 g/mol. The molecule has 1 aromatic heterocycles. The molecule has 1 amide bonds. The molecule has 0 radical (unpaired) electrons. The molecule has 14 heteroatoms. The highest BCUT2D eigenvalue weighted by Gasteiger charge is 2.14. The lowest BCUT2D eigenvalue weighted by Crippen LogP contribution is -2.24. The number of H-pyrrole nitrogens is 1. The number of ether oxygens (including phenoxy) is 1. The number of aromatic nitrogens is 2. The van der Waals surface area contributed by atoms with E-state index in [0.717, 1.165) is 17.7 Å². The Kier molecular flexibility index (Phi) is 9.57. The van der Waals surface area contributed by atoms with Gasteiger partial charge in [0.1, 0.15) is 11.5 Å². The smallest absolute Gasteiger partial charge is 0.280 e. The normalized spacial score (nSPS) is 11.7. The van der Waals surface area contributed by atoms with Crippen LogP contribution in [0.1, 0.15) is 16.1 Å². The monoisotopic (exact) mass is 506 g/mol. The van der Waals surface area contributed by atoms with Crippen LogP contribution >= 0.6 is 12.0 Å². The number of carbonyl (C=O) groups is 1. The van der Waals surface area contributed by atoms with Gasteiger partial charge in [-0.05, 0) is 42.5 Å². The highest BCUT2D eigenvalue weighted by Crippen LogP contribution is 2.34. The largest absolute Gasteiger partial charge is 0.456 e. The second kappa shape index (κ2) is 12.8.